The van der Waals surface area contributed by atoms with Crippen molar-refractivity contribution in [2.24, 2.45) is 0 Å². The fraction of sp³-hybridized carbons (Fsp3) is 0.500. The highest BCUT2D eigenvalue weighted by molar-refractivity contribution is 6.61. The van der Waals surface area contributed by atoms with Crippen LogP contribution in [0, 0.1) is 10.1 Å². The van der Waals surface area contributed by atoms with E-state index >= 15 is 0 Å². The molecular weight excluding hydrogens is 233 g/mol. The average molecular weight is 249 g/mol. The van der Waals surface area contributed by atoms with Gasteiger partial charge in [-0.1, -0.05) is 37.3 Å². The van der Waals surface area contributed by atoms with Crippen LogP contribution in [0.5, 0.6) is 0 Å². The van der Waals surface area contributed by atoms with Gasteiger partial charge in [-0.3, -0.25) is 10.1 Å². The van der Waals surface area contributed by atoms with Gasteiger partial charge in [0.15, 0.2) is 0 Å². The van der Waals surface area contributed by atoms with E-state index in [0.717, 1.165) is 11.9 Å². The molecule has 5 nitrogen and oxygen atoms in total. The Morgan fingerprint density at radius 2 is 1.94 bits per heavy atom. The molecule has 2 rings (SSSR count). The van der Waals surface area contributed by atoms with Crippen molar-refractivity contribution in [1.29, 1.82) is 0 Å². The van der Waals surface area contributed by atoms with Crippen molar-refractivity contribution < 1.29 is 14.2 Å². The van der Waals surface area contributed by atoms with Crippen LogP contribution >= 0.6 is 0 Å². The minimum Gasteiger partial charge on any atom is -0.400 e. The Kier molecular flexibility index (Phi) is 3.99. The summed E-state index contributed by atoms with van der Waals surface area (Å²) in [7, 11) is -0.490. The first-order valence-corrected chi connectivity index (χ1v) is 6.10. The summed E-state index contributed by atoms with van der Waals surface area (Å²) in [4.78, 5) is 10.9. The number of hydrogen-bond acceptors (Lipinski definition) is 4. The summed E-state index contributed by atoms with van der Waals surface area (Å²) in [6.45, 7) is 2.13. The summed E-state index contributed by atoms with van der Waals surface area (Å²) in [5, 5.41) is 11.2. The third kappa shape index (κ3) is 2.54. The van der Waals surface area contributed by atoms with Gasteiger partial charge in [0, 0.05) is 11.3 Å². The molecule has 1 aliphatic heterocycles. The number of hydrogen-bond donors (Lipinski definition) is 0. The molecule has 0 aliphatic carbocycles. The second kappa shape index (κ2) is 5.50. The average Bonchev–Trinajstić information content (AvgIpc) is 2.41. The zero-order valence-corrected chi connectivity index (χ0v) is 10.4. The Morgan fingerprint density at radius 1 is 1.33 bits per heavy atom. The lowest BCUT2D eigenvalue weighted by Gasteiger charge is -2.32. The Bertz CT molecular complexity index is 404. The quantitative estimate of drug-likeness (QED) is 0.457. The second-order valence-electron chi connectivity index (χ2n) is 4.60. The van der Waals surface area contributed by atoms with Crippen LogP contribution < -0.4 is 5.46 Å². The molecular formula is C12H16BNO4. The fourth-order valence-corrected chi connectivity index (χ4v) is 2.16. The molecule has 0 unspecified atom stereocenters. The van der Waals surface area contributed by atoms with Crippen molar-refractivity contribution in [2.45, 2.75) is 25.3 Å². The molecule has 1 aliphatic rings. The van der Waals surface area contributed by atoms with E-state index < -0.39 is 12.7 Å². The van der Waals surface area contributed by atoms with Crippen LogP contribution in [0.1, 0.15) is 19.8 Å². The molecule has 96 valence electrons. The van der Waals surface area contributed by atoms with Gasteiger partial charge in [0.2, 0.25) is 0 Å². The molecule has 0 aromatic heterocycles. The van der Waals surface area contributed by atoms with Crippen molar-refractivity contribution in [1.82, 2.24) is 0 Å². The molecule has 0 radical (unpaired) electrons. The number of nitro groups is 1. The van der Waals surface area contributed by atoms with E-state index in [-0.39, 0.29) is 18.1 Å². The smallest absolute Gasteiger partial charge is 0.400 e. The molecule has 0 spiro atoms. The van der Waals surface area contributed by atoms with Crippen molar-refractivity contribution in [3.05, 3.63) is 40.4 Å². The van der Waals surface area contributed by atoms with Crippen molar-refractivity contribution in [2.75, 3.05) is 13.2 Å². The molecule has 1 heterocycles. The molecule has 1 saturated heterocycles. The summed E-state index contributed by atoms with van der Waals surface area (Å²) in [5.74, 6) is 0. The van der Waals surface area contributed by atoms with Crippen LogP contribution in [0.2, 0.25) is 0 Å². The normalized spacial score (nSPS) is 18.6. The van der Waals surface area contributed by atoms with E-state index in [0.29, 0.717) is 6.42 Å². The highest BCUT2D eigenvalue weighted by atomic mass is 16.7. The van der Waals surface area contributed by atoms with Crippen molar-refractivity contribution in [3.63, 3.8) is 0 Å². The Hall–Kier alpha value is -1.40. The Labute approximate surface area is 106 Å². The van der Waals surface area contributed by atoms with Crippen molar-refractivity contribution >= 4 is 12.6 Å². The van der Waals surface area contributed by atoms with Crippen LogP contribution in [-0.4, -0.2) is 30.8 Å². The monoisotopic (exact) mass is 249 g/mol. The minimum absolute atomic E-state index is 0.105. The van der Waals surface area contributed by atoms with E-state index in [1.165, 1.54) is 0 Å². The Balaban J connectivity index is 2.05. The number of nitrogens with zero attached hydrogens (tertiary/aromatic N) is 1. The predicted octanol–water partition coefficient (Wildman–Crippen LogP) is 1.24. The maximum Gasteiger partial charge on any atom is 0.494 e. The van der Waals surface area contributed by atoms with E-state index in [4.69, 9.17) is 9.31 Å². The van der Waals surface area contributed by atoms with Crippen molar-refractivity contribution in [3.8, 4) is 0 Å². The molecule has 1 aromatic carbocycles. The first-order valence-electron chi connectivity index (χ1n) is 6.10. The summed E-state index contributed by atoms with van der Waals surface area (Å²) in [5.41, 5.74) is -0.189. The lowest BCUT2D eigenvalue weighted by Crippen LogP contribution is -2.57. The van der Waals surface area contributed by atoms with Gasteiger partial charge < -0.3 is 9.31 Å². The summed E-state index contributed by atoms with van der Waals surface area (Å²) >= 11 is 0. The lowest BCUT2D eigenvalue weighted by molar-refractivity contribution is -0.580. The molecule has 1 aromatic rings. The van der Waals surface area contributed by atoms with Crippen LogP contribution in [0.25, 0.3) is 0 Å². The van der Waals surface area contributed by atoms with Gasteiger partial charge in [0.25, 0.3) is 5.54 Å². The summed E-state index contributed by atoms with van der Waals surface area (Å²) in [6, 6.07) is 9.48. The zero-order valence-electron chi connectivity index (χ0n) is 10.4. The highest BCUT2D eigenvalue weighted by Crippen LogP contribution is 2.23. The number of rotatable bonds is 4. The number of benzene rings is 1. The largest absolute Gasteiger partial charge is 0.494 e. The maximum atomic E-state index is 11.2. The highest BCUT2D eigenvalue weighted by Gasteiger charge is 2.48. The zero-order chi connectivity index (χ0) is 13.0. The van der Waals surface area contributed by atoms with Crippen LogP contribution in [0.4, 0.5) is 0 Å². The second-order valence-corrected chi connectivity index (χ2v) is 4.60. The van der Waals surface area contributed by atoms with E-state index in [2.05, 4.69) is 0 Å². The molecule has 0 saturated carbocycles. The standard InChI is InChI=1S/C12H16BNO4/c1-2-8-12(14(15)16)9-17-13(18-10-12)11-6-4-3-5-7-11/h3-7H,2,8-10H2,1H3. The summed E-state index contributed by atoms with van der Waals surface area (Å²) in [6.07, 6.45) is 1.21. The third-order valence-corrected chi connectivity index (χ3v) is 3.18. The van der Waals surface area contributed by atoms with Crippen LogP contribution in [0.3, 0.4) is 0 Å². The maximum absolute atomic E-state index is 11.2. The molecule has 6 heteroatoms. The molecule has 0 amide bonds. The van der Waals surface area contributed by atoms with E-state index in [9.17, 15) is 10.1 Å². The van der Waals surface area contributed by atoms with Gasteiger partial charge in [-0.2, -0.15) is 0 Å². The van der Waals surface area contributed by atoms with E-state index in [1.54, 1.807) is 0 Å². The third-order valence-electron chi connectivity index (χ3n) is 3.18. The van der Waals surface area contributed by atoms with E-state index in [1.807, 2.05) is 37.3 Å². The van der Waals surface area contributed by atoms with Gasteiger partial charge in [-0.25, -0.2) is 0 Å². The van der Waals surface area contributed by atoms with Gasteiger partial charge in [-0.15, -0.1) is 0 Å². The van der Waals surface area contributed by atoms with Gasteiger partial charge >= 0.3 is 7.12 Å². The lowest BCUT2D eigenvalue weighted by atomic mass is 9.76. The topological polar surface area (TPSA) is 61.6 Å². The first kappa shape index (κ1) is 13.0. The Morgan fingerprint density at radius 3 is 2.44 bits per heavy atom. The first-order chi connectivity index (χ1) is 8.68. The van der Waals surface area contributed by atoms with Gasteiger partial charge in [-0.05, 0) is 11.9 Å². The SMILES string of the molecule is CCCC1([N+](=O)[O-])COB(c2ccccc2)OC1. The van der Waals surface area contributed by atoms with Gasteiger partial charge in [0.05, 0.1) is 0 Å². The van der Waals surface area contributed by atoms with Crippen LogP contribution in [-0.2, 0) is 9.31 Å². The molecule has 0 N–H and O–H groups in total. The van der Waals surface area contributed by atoms with Crippen LogP contribution in [0.15, 0.2) is 30.3 Å². The minimum atomic E-state index is -1.08. The predicted molar refractivity (Wildman–Crippen MR) is 68.4 cm³/mol. The van der Waals surface area contributed by atoms with Gasteiger partial charge in [0.1, 0.15) is 13.2 Å². The molecule has 0 atom stereocenters. The summed E-state index contributed by atoms with van der Waals surface area (Å²) < 4.78 is 11.1. The fourth-order valence-electron chi connectivity index (χ4n) is 2.16. The molecule has 1 fully saturated rings. The molecule has 18 heavy (non-hydrogen) atoms. The molecule has 0 bridgehead atoms.